The Hall–Kier alpha value is -1.43. The number of hydrogen-bond acceptors (Lipinski definition) is 4. The second kappa shape index (κ2) is 6.23. The molecule has 1 aromatic carbocycles. The zero-order valence-corrected chi connectivity index (χ0v) is 13.4. The van der Waals surface area contributed by atoms with Gasteiger partial charge in [-0.2, -0.15) is 0 Å². The number of amides is 1. The highest BCUT2D eigenvalue weighted by Crippen LogP contribution is 2.44. The van der Waals surface area contributed by atoms with Gasteiger partial charge in [0.1, 0.15) is 0 Å². The first-order valence-corrected chi connectivity index (χ1v) is 8.61. The second-order valence-corrected chi connectivity index (χ2v) is 6.78. The first-order valence-electron chi connectivity index (χ1n) is 8.61. The molecule has 0 aliphatic carbocycles. The summed E-state index contributed by atoms with van der Waals surface area (Å²) in [6.45, 7) is 5.10. The highest BCUT2D eigenvalue weighted by molar-refractivity contribution is 6.06. The van der Waals surface area contributed by atoms with Crippen molar-refractivity contribution in [2.75, 3.05) is 44.8 Å². The molecule has 0 radical (unpaired) electrons. The maximum absolute atomic E-state index is 12.6. The van der Waals surface area contributed by atoms with Crippen molar-refractivity contribution in [3.63, 3.8) is 0 Å². The van der Waals surface area contributed by atoms with E-state index in [2.05, 4.69) is 16.3 Å². The van der Waals surface area contributed by atoms with Gasteiger partial charge in [-0.25, -0.2) is 0 Å². The molecule has 3 aliphatic heterocycles. The number of piperidine rings is 1. The largest absolute Gasteiger partial charge is 0.376 e. The van der Waals surface area contributed by atoms with Crippen LogP contribution >= 0.6 is 0 Å². The van der Waals surface area contributed by atoms with Gasteiger partial charge in [0.05, 0.1) is 31.3 Å². The van der Waals surface area contributed by atoms with Crippen LogP contribution in [-0.4, -0.2) is 56.4 Å². The predicted octanol–water partition coefficient (Wildman–Crippen LogP) is 1.78. The number of carbonyl (C=O) groups is 1. The molecule has 23 heavy (non-hydrogen) atoms. The molecule has 0 saturated carbocycles. The summed E-state index contributed by atoms with van der Waals surface area (Å²) in [7, 11) is 0. The highest BCUT2D eigenvalue weighted by atomic mass is 16.6. The second-order valence-electron chi connectivity index (χ2n) is 6.78. The Labute approximate surface area is 136 Å². The molecule has 3 aliphatic rings. The third kappa shape index (κ3) is 2.77. The van der Waals surface area contributed by atoms with Crippen LogP contribution in [-0.2, 0) is 19.7 Å². The van der Waals surface area contributed by atoms with Gasteiger partial charge in [-0.3, -0.25) is 4.79 Å². The minimum Gasteiger partial charge on any atom is -0.376 e. The molecule has 1 spiro atoms. The Morgan fingerprint density at radius 3 is 2.83 bits per heavy atom. The molecule has 4 rings (SSSR count). The van der Waals surface area contributed by atoms with Crippen LogP contribution in [0.25, 0.3) is 0 Å². The van der Waals surface area contributed by atoms with Gasteiger partial charge >= 0.3 is 0 Å². The number of fused-ring (bicyclic) bond motifs is 2. The van der Waals surface area contributed by atoms with E-state index in [0.29, 0.717) is 13.2 Å². The third-order valence-electron chi connectivity index (χ3n) is 5.49. The number of carbonyl (C=O) groups excluding carboxylic acids is 1. The molecule has 1 aromatic rings. The van der Waals surface area contributed by atoms with Crippen LogP contribution in [0.3, 0.4) is 0 Å². The number of anilines is 1. The third-order valence-corrected chi connectivity index (χ3v) is 5.49. The molecular weight excluding hydrogens is 292 g/mol. The summed E-state index contributed by atoms with van der Waals surface area (Å²) in [5.74, 6) is 0.183. The zero-order chi connectivity index (χ0) is 15.7. The van der Waals surface area contributed by atoms with Crippen LogP contribution < -0.4 is 5.32 Å². The van der Waals surface area contributed by atoms with E-state index in [1.807, 2.05) is 18.2 Å². The van der Waals surface area contributed by atoms with E-state index in [4.69, 9.17) is 9.47 Å². The van der Waals surface area contributed by atoms with Crippen molar-refractivity contribution >= 4 is 11.6 Å². The smallest absolute Gasteiger partial charge is 0.235 e. The van der Waals surface area contributed by atoms with E-state index in [1.54, 1.807) is 0 Å². The van der Waals surface area contributed by atoms with Crippen LogP contribution in [0.15, 0.2) is 24.3 Å². The van der Waals surface area contributed by atoms with E-state index in [1.165, 1.54) is 5.56 Å². The molecule has 124 valence electrons. The summed E-state index contributed by atoms with van der Waals surface area (Å²) in [5.41, 5.74) is 1.88. The van der Waals surface area contributed by atoms with Crippen LogP contribution in [0.1, 0.15) is 24.8 Å². The number of nitrogens with one attached hydrogen (secondary N) is 1. The fourth-order valence-electron chi connectivity index (χ4n) is 4.06. The van der Waals surface area contributed by atoms with Gasteiger partial charge in [0, 0.05) is 12.2 Å². The lowest BCUT2D eigenvalue weighted by atomic mass is 9.73. The summed E-state index contributed by atoms with van der Waals surface area (Å²) < 4.78 is 11.2. The van der Waals surface area contributed by atoms with Crippen LogP contribution in [0.4, 0.5) is 5.69 Å². The zero-order valence-electron chi connectivity index (χ0n) is 13.4. The van der Waals surface area contributed by atoms with Gasteiger partial charge < -0.3 is 19.7 Å². The van der Waals surface area contributed by atoms with E-state index in [9.17, 15) is 4.79 Å². The van der Waals surface area contributed by atoms with E-state index in [0.717, 1.165) is 51.2 Å². The van der Waals surface area contributed by atoms with Gasteiger partial charge in [0.25, 0.3) is 0 Å². The number of likely N-dealkylation sites (tertiary alicyclic amines) is 1. The molecule has 2 saturated heterocycles. The fraction of sp³-hybridized carbons (Fsp3) is 0.611. The van der Waals surface area contributed by atoms with E-state index in [-0.39, 0.29) is 17.4 Å². The monoisotopic (exact) mass is 316 g/mol. The van der Waals surface area contributed by atoms with Crippen LogP contribution in [0, 0.1) is 0 Å². The maximum atomic E-state index is 12.6. The normalized spacial score (nSPS) is 27.0. The molecule has 5 heteroatoms. The lowest BCUT2D eigenvalue weighted by molar-refractivity contribution is -0.122. The molecule has 5 nitrogen and oxygen atoms in total. The van der Waals surface area contributed by atoms with Crippen molar-refractivity contribution in [3.05, 3.63) is 29.8 Å². The minimum atomic E-state index is -0.308. The van der Waals surface area contributed by atoms with Crippen molar-refractivity contribution in [1.29, 1.82) is 0 Å². The van der Waals surface area contributed by atoms with Crippen molar-refractivity contribution in [2.24, 2.45) is 0 Å². The topological polar surface area (TPSA) is 50.8 Å². The molecule has 1 unspecified atom stereocenters. The number of para-hydroxylation sites is 1. The first kappa shape index (κ1) is 15.1. The number of benzene rings is 1. The minimum absolute atomic E-state index is 0.183. The number of nitrogens with zero attached hydrogens (tertiary/aromatic N) is 1. The molecule has 1 N–H and O–H groups in total. The predicted molar refractivity (Wildman–Crippen MR) is 87.6 cm³/mol. The average molecular weight is 316 g/mol. The Balaban J connectivity index is 1.36. The molecular formula is C18H24N2O3. The van der Waals surface area contributed by atoms with Crippen molar-refractivity contribution in [1.82, 2.24) is 4.90 Å². The lowest BCUT2D eigenvalue weighted by Gasteiger charge is -2.38. The standard InChI is InChI=1S/C18H24N2O3/c21-17-18(15-3-1-2-4-16(15)19-17)6-9-20(10-7-18)8-5-14-13-22-11-12-23-14/h1-4,14H,5-13H2,(H,19,21). The molecule has 0 aromatic heterocycles. The van der Waals surface area contributed by atoms with Gasteiger partial charge in [-0.05, 0) is 44.0 Å². The van der Waals surface area contributed by atoms with E-state index >= 15 is 0 Å². The lowest BCUT2D eigenvalue weighted by Crippen LogP contribution is -2.47. The molecule has 3 heterocycles. The SMILES string of the molecule is O=C1Nc2ccccc2C12CCN(CCC1COCCO1)CC2. The number of ether oxygens (including phenoxy) is 2. The van der Waals surface area contributed by atoms with Crippen LogP contribution in [0.5, 0.6) is 0 Å². The van der Waals surface area contributed by atoms with Gasteiger partial charge in [-0.1, -0.05) is 18.2 Å². The summed E-state index contributed by atoms with van der Waals surface area (Å²) >= 11 is 0. The van der Waals surface area contributed by atoms with Crippen LogP contribution in [0.2, 0.25) is 0 Å². The first-order chi connectivity index (χ1) is 11.3. The highest BCUT2D eigenvalue weighted by Gasteiger charge is 2.48. The van der Waals surface area contributed by atoms with Crippen molar-refractivity contribution in [3.8, 4) is 0 Å². The average Bonchev–Trinajstić information content (AvgIpc) is 2.88. The van der Waals surface area contributed by atoms with Gasteiger partial charge in [-0.15, -0.1) is 0 Å². The molecule has 1 atom stereocenters. The summed E-state index contributed by atoms with van der Waals surface area (Å²) in [6.07, 6.45) is 3.04. The van der Waals surface area contributed by atoms with Gasteiger partial charge in [0.15, 0.2) is 0 Å². The summed E-state index contributed by atoms with van der Waals surface area (Å²) in [5, 5.41) is 3.06. The fourth-order valence-corrected chi connectivity index (χ4v) is 4.06. The number of rotatable bonds is 3. The Morgan fingerprint density at radius 2 is 2.04 bits per heavy atom. The summed E-state index contributed by atoms with van der Waals surface area (Å²) in [6, 6.07) is 8.14. The maximum Gasteiger partial charge on any atom is 0.235 e. The van der Waals surface area contributed by atoms with Crippen molar-refractivity contribution in [2.45, 2.75) is 30.8 Å². The molecule has 2 fully saturated rings. The Morgan fingerprint density at radius 1 is 1.22 bits per heavy atom. The Kier molecular flexibility index (Phi) is 4.09. The molecule has 1 amide bonds. The number of hydrogen-bond donors (Lipinski definition) is 1. The summed E-state index contributed by atoms with van der Waals surface area (Å²) in [4.78, 5) is 15.0. The van der Waals surface area contributed by atoms with Crippen molar-refractivity contribution < 1.29 is 14.3 Å². The van der Waals surface area contributed by atoms with Gasteiger partial charge in [0.2, 0.25) is 5.91 Å². The quantitative estimate of drug-likeness (QED) is 0.923. The van der Waals surface area contributed by atoms with E-state index < -0.39 is 0 Å². The Bertz CT molecular complexity index is 575. The molecule has 0 bridgehead atoms.